The smallest absolute Gasteiger partial charge is 0.161 e. The van der Waals surface area contributed by atoms with Crippen molar-refractivity contribution >= 4 is 11.8 Å². The molecule has 27 heavy (non-hydrogen) atoms. The average molecular weight is 369 g/mol. The Morgan fingerprint density at radius 3 is 2.37 bits per heavy atom. The van der Waals surface area contributed by atoms with E-state index in [1.807, 2.05) is 45.0 Å². The number of fused-ring (bicyclic) bond motifs is 1. The predicted octanol–water partition coefficient (Wildman–Crippen LogP) is 4.23. The van der Waals surface area contributed by atoms with Gasteiger partial charge in [0.1, 0.15) is 0 Å². The molecule has 1 aliphatic rings. The first-order valence-corrected chi connectivity index (χ1v) is 9.50. The van der Waals surface area contributed by atoms with Crippen LogP contribution in [0.2, 0.25) is 0 Å². The molecule has 3 rings (SSSR count). The van der Waals surface area contributed by atoms with Gasteiger partial charge in [-0.1, -0.05) is 6.07 Å². The van der Waals surface area contributed by atoms with Gasteiger partial charge in [-0.05, 0) is 68.7 Å². The number of phenolic OH excluding ortho intramolecular Hbond substituents is 1. The molecule has 0 radical (unpaired) electrons. The zero-order valence-electron chi connectivity index (χ0n) is 16.2. The monoisotopic (exact) mass is 369 g/mol. The maximum Gasteiger partial charge on any atom is 0.161 e. The van der Waals surface area contributed by atoms with Crippen LogP contribution in [0.3, 0.4) is 0 Å². The van der Waals surface area contributed by atoms with E-state index in [1.165, 1.54) is 0 Å². The third kappa shape index (κ3) is 4.30. The highest BCUT2D eigenvalue weighted by atomic mass is 16.5. The van der Waals surface area contributed by atoms with Crippen LogP contribution < -0.4 is 19.5 Å². The molecule has 0 amide bonds. The van der Waals surface area contributed by atoms with E-state index in [1.54, 1.807) is 6.07 Å². The summed E-state index contributed by atoms with van der Waals surface area (Å²) in [5.41, 5.74) is 4.18. The molecule has 0 aliphatic carbocycles. The second-order valence-corrected chi connectivity index (χ2v) is 6.22. The number of ether oxygens (including phenoxy) is 3. The average Bonchev–Trinajstić information content (AvgIpc) is 2.65. The van der Waals surface area contributed by atoms with Crippen molar-refractivity contribution in [2.75, 3.05) is 26.4 Å². The molecule has 0 saturated carbocycles. The second-order valence-electron chi connectivity index (χ2n) is 6.22. The van der Waals surface area contributed by atoms with Crippen molar-refractivity contribution in [1.82, 2.24) is 5.32 Å². The summed E-state index contributed by atoms with van der Waals surface area (Å²) in [5.74, 6) is 2.19. The van der Waals surface area contributed by atoms with Gasteiger partial charge in [-0.2, -0.15) is 0 Å². The van der Waals surface area contributed by atoms with Gasteiger partial charge in [-0.25, -0.2) is 0 Å². The zero-order chi connectivity index (χ0) is 19.2. The fraction of sp³-hybridized carbons (Fsp3) is 0.364. The number of benzene rings is 2. The van der Waals surface area contributed by atoms with Crippen LogP contribution in [-0.4, -0.2) is 31.5 Å². The maximum absolute atomic E-state index is 10.2. The molecule has 0 saturated heterocycles. The molecule has 2 N–H and O–H groups in total. The van der Waals surface area contributed by atoms with Crippen molar-refractivity contribution in [3.63, 3.8) is 0 Å². The largest absolute Gasteiger partial charge is 0.504 e. The summed E-state index contributed by atoms with van der Waals surface area (Å²) in [4.78, 5) is 0. The lowest BCUT2D eigenvalue weighted by Gasteiger charge is -2.23. The molecule has 2 aromatic rings. The van der Waals surface area contributed by atoms with E-state index >= 15 is 0 Å². The number of phenols is 1. The van der Waals surface area contributed by atoms with Gasteiger partial charge in [-0.3, -0.25) is 0 Å². The van der Waals surface area contributed by atoms with Crippen LogP contribution in [0.25, 0.3) is 11.8 Å². The van der Waals surface area contributed by atoms with Gasteiger partial charge in [0, 0.05) is 17.8 Å². The van der Waals surface area contributed by atoms with Crippen molar-refractivity contribution in [2.45, 2.75) is 27.2 Å². The van der Waals surface area contributed by atoms with E-state index < -0.39 is 0 Å². The third-order valence-corrected chi connectivity index (χ3v) is 4.36. The molecule has 5 heteroatoms. The van der Waals surface area contributed by atoms with Crippen LogP contribution in [0.1, 0.15) is 37.5 Å². The number of hydrogen-bond acceptors (Lipinski definition) is 5. The number of nitrogens with one attached hydrogen (secondary N) is 1. The van der Waals surface area contributed by atoms with Crippen molar-refractivity contribution in [3.05, 3.63) is 47.0 Å². The molecule has 0 atom stereocenters. The molecule has 0 spiro atoms. The zero-order valence-corrected chi connectivity index (χ0v) is 16.2. The van der Waals surface area contributed by atoms with E-state index in [0.717, 1.165) is 46.9 Å². The topological polar surface area (TPSA) is 60.0 Å². The quantitative estimate of drug-likeness (QED) is 0.765. The first-order valence-electron chi connectivity index (χ1n) is 9.50. The Bertz CT molecular complexity index is 829. The van der Waals surface area contributed by atoms with Crippen molar-refractivity contribution in [3.8, 4) is 23.0 Å². The van der Waals surface area contributed by atoms with Crippen LogP contribution >= 0.6 is 0 Å². The molecule has 2 aromatic carbocycles. The minimum Gasteiger partial charge on any atom is -0.504 e. The summed E-state index contributed by atoms with van der Waals surface area (Å²) in [5, 5.41) is 13.6. The normalized spacial score (nSPS) is 14.4. The molecule has 144 valence electrons. The summed E-state index contributed by atoms with van der Waals surface area (Å²) in [6.45, 7) is 8.33. The van der Waals surface area contributed by atoms with E-state index in [9.17, 15) is 5.11 Å². The predicted molar refractivity (Wildman–Crippen MR) is 108 cm³/mol. The Kier molecular flexibility index (Phi) is 6.12. The van der Waals surface area contributed by atoms with E-state index in [2.05, 4.69) is 11.4 Å². The van der Waals surface area contributed by atoms with Gasteiger partial charge in [-0.15, -0.1) is 0 Å². The Hall–Kier alpha value is -2.82. The third-order valence-electron chi connectivity index (χ3n) is 4.36. The summed E-state index contributed by atoms with van der Waals surface area (Å²) >= 11 is 0. The summed E-state index contributed by atoms with van der Waals surface area (Å²) in [6, 6.07) is 9.65. The first-order chi connectivity index (χ1) is 13.2. The summed E-state index contributed by atoms with van der Waals surface area (Å²) in [7, 11) is 0. The molecule has 5 nitrogen and oxygen atoms in total. The minimum absolute atomic E-state index is 0.191. The highest BCUT2D eigenvalue weighted by Gasteiger charge is 2.18. The Balaban J connectivity index is 1.99. The summed E-state index contributed by atoms with van der Waals surface area (Å²) in [6.07, 6.45) is 2.95. The van der Waals surface area contributed by atoms with Crippen molar-refractivity contribution < 1.29 is 19.3 Å². The van der Waals surface area contributed by atoms with Gasteiger partial charge in [0.2, 0.25) is 0 Å². The Morgan fingerprint density at radius 1 is 0.926 bits per heavy atom. The van der Waals surface area contributed by atoms with Gasteiger partial charge in [0.05, 0.1) is 19.8 Å². The van der Waals surface area contributed by atoms with Crippen LogP contribution in [0.5, 0.6) is 23.0 Å². The van der Waals surface area contributed by atoms with Crippen LogP contribution in [0.15, 0.2) is 30.3 Å². The van der Waals surface area contributed by atoms with Crippen LogP contribution in [-0.2, 0) is 6.42 Å². The van der Waals surface area contributed by atoms with Gasteiger partial charge in [0.15, 0.2) is 23.0 Å². The fourth-order valence-corrected chi connectivity index (χ4v) is 3.22. The van der Waals surface area contributed by atoms with Crippen molar-refractivity contribution in [2.24, 2.45) is 0 Å². The maximum atomic E-state index is 10.2. The molecule has 0 aromatic heterocycles. The lowest BCUT2D eigenvalue weighted by molar-refractivity contribution is 0.287. The first kappa shape index (κ1) is 19.0. The highest BCUT2D eigenvalue weighted by molar-refractivity contribution is 5.84. The molecular formula is C22H27NO4. The SMILES string of the molecule is CCOc1cc2c(cc1O)CCN/C2=C\c1ccc(OCC)c(OCC)c1. The molecule has 1 aliphatic heterocycles. The van der Waals surface area contributed by atoms with E-state index in [4.69, 9.17) is 14.2 Å². The lowest BCUT2D eigenvalue weighted by atomic mass is 9.96. The molecule has 0 fully saturated rings. The molecule has 0 unspecified atom stereocenters. The molecule has 0 bridgehead atoms. The van der Waals surface area contributed by atoms with Crippen molar-refractivity contribution in [1.29, 1.82) is 0 Å². The van der Waals surface area contributed by atoms with Crippen LogP contribution in [0, 0.1) is 0 Å². The number of hydrogen-bond donors (Lipinski definition) is 2. The standard InChI is InChI=1S/C22H27NO4/c1-4-25-20-8-7-15(12-22(20)27-6-3)11-18-17-14-21(26-5-2)19(24)13-16(17)9-10-23-18/h7-8,11-14,23-24H,4-6,9-10H2,1-3H3/b18-11-. The Morgan fingerprint density at radius 2 is 1.63 bits per heavy atom. The lowest BCUT2D eigenvalue weighted by Crippen LogP contribution is -2.22. The summed E-state index contributed by atoms with van der Waals surface area (Å²) < 4.78 is 16.9. The minimum atomic E-state index is 0.191. The number of rotatable bonds is 7. The molecule has 1 heterocycles. The second kappa shape index (κ2) is 8.71. The van der Waals surface area contributed by atoms with Gasteiger partial charge >= 0.3 is 0 Å². The molecular weight excluding hydrogens is 342 g/mol. The van der Waals surface area contributed by atoms with Gasteiger partial charge < -0.3 is 24.6 Å². The Labute approximate surface area is 160 Å². The van der Waals surface area contributed by atoms with E-state index in [-0.39, 0.29) is 5.75 Å². The van der Waals surface area contributed by atoms with Gasteiger partial charge in [0.25, 0.3) is 0 Å². The van der Waals surface area contributed by atoms with E-state index in [0.29, 0.717) is 25.6 Å². The highest BCUT2D eigenvalue weighted by Crippen LogP contribution is 2.36. The number of aromatic hydroxyl groups is 1. The fourth-order valence-electron chi connectivity index (χ4n) is 3.22. The van der Waals surface area contributed by atoms with Crippen LogP contribution in [0.4, 0.5) is 0 Å².